The zero-order valence-corrected chi connectivity index (χ0v) is 15.3. The van der Waals surface area contributed by atoms with E-state index in [2.05, 4.69) is 37.8 Å². The summed E-state index contributed by atoms with van der Waals surface area (Å²) < 4.78 is 41.2. The van der Waals surface area contributed by atoms with Gasteiger partial charge in [0.25, 0.3) is 0 Å². The highest BCUT2D eigenvalue weighted by Crippen LogP contribution is 2.36. The SMILES string of the molecule is CCSC1C=C(Br)C=NC1c1nc2cc(C(F)(F)F)ncc2n1C. The lowest BCUT2D eigenvalue weighted by Gasteiger charge is -2.23. The summed E-state index contributed by atoms with van der Waals surface area (Å²) in [5, 5.41) is 0.0694. The number of aliphatic imine (C=N–C) groups is 1. The van der Waals surface area contributed by atoms with E-state index in [1.54, 1.807) is 29.6 Å². The van der Waals surface area contributed by atoms with Crippen molar-refractivity contribution in [2.24, 2.45) is 12.0 Å². The fourth-order valence-corrected chi connectivity index (χ4v) is 4.18. The second kappa shape index (κ2) is 6.51. The number of fused-ring (bicyclic) bond motifs is 1. The maximum Gasteiger partial charge on any atom is 0.433 e. The minimum Gasteiger partial charge on any atom is -0.328 e. The van der Waals surface area contributed by atoms with Crippen LogP contribution in [0.4, 0.5) is 13.2 Å². The normalized spacial score (nSPS) is 21.3. The van der Waals surface area contributed by atoms with Crippen molar-refractivity contribution in [1.29, 1.82) is 0 Å². The van der Waals surface area contributed by atoms with Gasteiger partial charge in [-0.1, -0.05) is 13.0 Å². The standard InChI is InChI=1S/C15H14BrF3N4S/c1-3-24-11-4-8(16)6-21-13(11)14-22-9-5-12(15(17,18)19)20-7-10(9)23(14)2/h4-7,11,13H,3H2,1-2H3. The predicted octanol–water partition coefficient (Wildman–Crippen LogP) is 4.51. The lowest BCUT2D eigenvalue weighted by molar-refractivity contribution is -0.141. The number of thioether (sulfide) groups is 1. The van der Waals surface area contributed by atoms with Crippen LogP contribution in [0.1, 0.15) is 24.5 Å². The molecule has 0 bridgehead atoms. The molecule has 4 nitrogen and oxygen atoms in total. The van der Waals surface area contributed by atoms with Gasteiger partial charge in [-0.05, 0) is 27.7 Å². The molecule has 0 N–H and O–H groups in total. The van der Waals surface area contributed by atoms with E-state index in [1.807, 2.05) is 6.08 Å². The molecular formula is C15H14BrF3N4S. The maximum absolute atomic E-state index is 12.8. The average Bonchev–Trinajstić information content (AvgIpc) is 2.83. The van der Waals surface area contributed by atoms with Crippen molar-refractivity contribution in [2.45, 2.75) is 24.4 Å². The summed E-state index contributed by atoms with van der Waals surface area (Å²) in [5.41, 5.74) is -0.102. The van der Waals surface area contributed by atoms with Crippen LogP contribution < -0.4 is 0 Å². The number of alkyl halides is 3. The molecule has 3 rings (SSSR count). The molecule has 2 aromatic heterocycles. The Morgan fingerprint density at radius 3 is 2.79 bits per heavy atom. The van der Waals surface area contributed by atoms with Gasteiger partial charge in [0.1, 0.15) is 17.6 Å². The third-order valence-corrected chi connectivity index (χ3v) is 5.29. The van der Waals surface area contributed by atoms with Crippen LogP contribution in [0, 0.1) is 0 Å². The van der Waals surface area contributed by atoms with Crippen molar-refractivity contribution in [3.05, 3.63) is 34.3 Å². The van der Waals surface area contributed by atoms with Crippen LogP contribution in [0.3, 0.4) is 0 Å². The van der Waals surface area contributed by atoms with E-state index in [0.717, 1.165) is 16.3 Å². The number of hydrogen-bond acceptors (Lipinski definition) is 4. The van der Waals surface area contributed by atoms with Gasteiger partial charge in [0.05, 0.1) is 22.5 Å². The molecule has 2 aromatic rings. The number of pyridine rings is 1. The first-order chi connectivity index (χ1) is 11.3. The van der Waals surface area contributed by atoms with E-state index < -0.39 is 11.9 Å². The molecule has 0 aliphatic carbocycles. The molecule has 3 heterocycles. The van der Waals surface area contributed by atoms with Gasteiger partial charge in [-0.2, -0.15) is 24.9 Å². The van der Waals surface area contributed by atoms with Crippen molar-refractivity contribution in [2.75, 3.05) is 5.75 Å². The zero-order chi connectivity index (χ0) is 17.5. The molecule has 0 spiro atoms. The number of dihydropyridines is 1. The Morgan fingerprint density at radius 2 is 2.12 bits per heavy atom. The Hall–Kier alpha value is -1.35. The van der Waals surface area contributed by atoms with Crippen LogP contribution in [0.2, 0.25) is 0 Å². The van der Waals surface area contributed by atoms with Crippen molar-refractivity contribution in [3.8, 4) is 0 Å². The monoisotopic (exact) mass is 418 g/mol. The quantitative estimate of drug-likeness (QED) is 0.735. The van der Waals surface area contributed by atoms with Crippen molar-refractivity contribution in [1.82, 2.24) is 14.5 Å². The molecule has 0 fully saturated rings. The Balaban J connectivity index is 2.06. The topological polar surface area (TPSA) is 43.1 Å². The van der Waals surface area contributed by atoms with Gasteiger partial charge in [-0.3, -0.25) is 4.99 Å². The van der Waals surface area contributed by atoms with E-state index in [1.165, 1.54) is 6.20 Å². The summed E-state index contributed by atoms with van der Waals surface area (Å²) in [6, 6.07) is 0.738. The highest BCUT2D eigenvalue weighted by Gasteiger charge is 2.34. The summed E-state index contributed by atoms with van der Waals surface area (Å²) in [6.45, 7) is 2.05. The zero-order valence-electron chi connectivity index (χ0n) is 12.9. The van der Waals surface area contributed by atoms with Gasteiger partial charge < -0.3 is 4.57 Å². The van der Waals surface area contributed by atoms with Gasteiger partial charge in [-0.15, -0.1) is 0 Å². The van der Waals surface area contributed by atoms with Gasteiger partial charge in [0.2, 0.25) is 0 Å². The maximum atomic E-state index is 12.8. The Morgan fingerprint density at radius 1 is 1.38 bits per heavy atom. The summed E-state index contributed by atoms with van der Waals surface area (Å²) in [5.74, 6) is 1.53. The average molecular weight is 419 g/mol. The summed E-state index contributed by atoms with van der Waals surface area (Å²) in [4.78, 5) is 12.5. The molecule has 2 atom stereocenters. The largest absolute Gasteiger partial charge is 0.433 e. The highest BCUT2D eigenvalue weighted by atomic mass is 79.9. The lowest BCUT2D eigenvalue weighted by Crippen LogP contribution is -2.19. The van der Waals surface area contributed by atoms with E-state index in [9.17, 15) is 13.2 Å². The fourth-order valence-electron chi connectivity index (χ4n) is 2.60. The van der Waals surface area contributed by atoms with Gasteiger partial charge in [0.15, 0.2) is 0 Å². The molecule has 0 amide bonds. The summed E-state index contributed by atoms with van der Waals surface area (Å²) in [6.07, 6.45) is 0.485. The smallest absolute Gasteiger partial charge is 0.328 e. The molecule has 1 aliphatic heterocycles. The number of halogens is 4. The van der Waals surface area contributed by atoms with E-state index in [-0.39, 0.29) is 16.8 Å². The molecule has 0 saturated heterocycles. The fraction of sp³-hybridized carbons (Fsp3) is 0.400. The van der Waals surface area contributed by atoms with Crippen LogP contribution in [0.15, 0.2) is 27.8 Å². The number of aromatic nitrogens is 3. The van der Waals surface area contributed by atoms with E-state index >= 15 is 0 Å². The predicted molar refractivity (Wildman–Crippen MR) is 93.7 cm³/mol. The Bertz CT molecular complexity index is 828. The van der Waals surface area contributed by atoms with Crippen LogP contribution in [-0.4, -0.2) is 31.8 Å². The van der Waals surface area contributed by atoms with Gasteiger partial charge >= 0.3 is 6.18 Å². The molecule has 9 heteroatoms. The Labute approximate surface area is 149 Å². The number of imidazole rings is 1. The van der Waals surface area contributed by atoms with E-state index in [0.29, 0.717) is 11.3 Å². The number of allylic oxidation sites excluding steroid dienone is 1. The van der Waals surface area contributed by atoms with E-state index in [4.69, 9.17) is 0 Å². The molecular weight excluding hydrogens is 405 g/mol. The van der Waals surface area contributed by atoms with Crippen molar-refractivity contribution >= 4 is 44.9 Å². The van der Waals surface area contributed by atoms with Crippen LogP contribution in [-0.2, 0) is 13.2 Å². The van der Waals surface area contributed by atoms with Crippen LogP contribution in [0.25, 0.3) is 11.0 Å². The minimum absolute atomic E-state index is 0.0694. The van der Waals surface area contributed by atoms with Crippen molar-refractivity contribution < 1.29 is 13.2 Å². The first-order valence-electron chi connectivity index (χ1n) is 7.23. The third kappa shape index (κ3) is 3.23. The molecule has 0 saturated carbocycles. The molecule has 0 radical (unpaired) electrons. The Kier molecular flexibility index (Phi) is 4.74. The summed E-state index contributed by atoms with van der Waals surface area (Å²) >= 11 is 5.14. The molecule has 0 aromatic carbocycles. The number of aryl methyl sites for hydroxylation is 1. The molecule has 24 heavy (non-hydrogen) atoms. The van der Waals surface area contributed by atoms with Gasteiger partial charge in [-0.25, -0.2) is 9.97 Å². The molecule has 128 valence electrons. The first-order valence-corrected chi connectivity index (χ1v) is 9.07. The third-order valence-electron chi connectivity index (χ3n) is 3.71. The summed E-state index contributed by atoms with van der Waals surface area (Å²) in [7, 11) is 1.77. The van der Waals surface area contributed by atoms with Gasteiger partial charge in [0, 0.05) is 17.7 Å². The number of nitrogens with zero attached hydrogens (tertiary/aromatic N) is 4. The van der Waals surface area contributed by atoms with Crippen molar-refractivity contribution in [3.63, 3.8) is 0 Å². The number of hydrogen-bond donors (Lipinski definition) is 0. The lowest BCUT2D eigenvalue weighted by atomic mass is 10.1. The first kappa shape index (κ1) is 17.5. The second-order valence-electron chi connectivity index (χ2n) is 5.28. The molecule has 2 unspecified atom stereocenters. The van der Waals surface area contributed by atoms with Crippen LogP contribution >= 0.6 is 27.7 Å². The molecule has 1 aliphatic rings. The number of rotatable bonds is 3. The minimum atomic E-state index is -4.48. The highest BCUT2D eigenvalue weighted by molar-refractivity contribution is 9.12. The second-order valence-corrected chi connectivity index (χ2v) is 7.65. The van der Waals surface area contributed by atoms with Crippen LogP contribution in [0.5, 0.6) is 0 Å².